The first kappa shape index (κ1) is 19.5. The van der Waals surface area contributed by atoms with E-state index in [1.807, 2.05) is 42.7 Å². The van der Waals surface area contributed by atoms with Gasteiger partial charge in [-0.2, -0.15) is 10.2 Å². The van der Waals surface area contributed by atoms with Gasteiger partial charge in [-0.25, -0.2) is 4.68 Å². The van der Waals surface area contributed by atoms with Crippen LogP contribution in [0.5, 0.6) is 0 Å². The van der Waals surface area contributed by atoms with Crippen molar-refractivity contribution in [3.8, 4) is 17.5 Å². The number of H-pyrrole nitrogens is 1. The summed E-state index contributed by atoms with van der Waals surface area (Å²) in [5.41, 5.74) is 4.35. The fraction of sp³-hybridized carbons (Fsp3) is 0.208. The first-order valence-electron chi connectivity index (χ1n) is 10.1. The molecule has 0 spiro atoms. The Morgan fingerprint density at radius 3 is 3.00 bits per heavy atom. The third-order valence-electron chi connectivity index (χ3n) is 4.83. The van der Waals surface area contributed by atoms with Gasteiger partial charge in [0.25, 0.3) is 5.91 Å². The minimum Gasteiger partial charge on any atom is -0.352 e. The molecule has 1 aliphatic carbocycles. The number of hydrogen-bond acceptors (Lipinski definition) is 3. The molecule has 1 aliphatic rings. The van der Waals surface area contributed by atoms with Crippen LogP contribution in [0.2, 0.25) is 0 Å². The summed E-state index contributed by atoms with van der Waals surface area (Å²) in [5, 5.41) is 14.0. The second-order valence-corrected chi connectivity index (χ2v) is 7.04. The van der Waals surface area contributed by atoms with Gasteiger partial charge in [-0.15, -0.1) is 0 Å². The van der Waals surface area contributed by atoms with Gasteiger partial charge >= 0.3 is 0 Å². The molecular weight excluding hydrogens is 374 g/mol. The monoisotopic (exact) mass is 397 g/mol. The molecule has 6 nitrogen and oxygen atoms in total. The Morgan fingerprint density at radius 1 is 1.27 bits per heavy atom. The van der Waals surface area contributed by atoms with E-state index < -0.39 is 0 Å². The first-order valence-corrected chi connectivity index (χ1v) is 10.1. The molecule has 0 fully saturated rings. The van der Waals surface area contributed by atoms with Crippen LogP contribution in [0.3, 0.4) is 0 Å². The lowest BCUT2D eigenvalue weighted by atomic mass is 10.0. The lowest BCUT2D eigenvalue weighted by molar-refractivity contribution is 0.0953. The number of benzene rings is 1. The van der Waals surface area contributed by atoms with Crippen molar-refractivity contribution in [2.75, 3.05) is 6.54 Å². The molecule has 0 aliphatic heterocycles. The molecule has 0 bridgehead atoms. The van der Waals surface area contributed by atoms with Gasteiger partial charge in [0, 0.05) is 36.3 Å². The molecule has 2 aromatic heterocycles. The Hall–Kier alpha value is -3.85. The van der Waals surface area contributed by atoms with Crippen molar-refractivity contribution in [1.82, 2.24) is 25.3 Å². The topological polar surface area (TPSA) is 75.6 Å². The quantitative estimate of drug-likeness (QED) is 0.493. The van der Waals surface area contributed by atoms with E-state index in [4.69, 9.17) is 0 Å². The van der Waals surface area contributed by atoms with Crippen LogP contribution >= 0.6 is 0 Å². The number of carbonyl (C=O) groups excluding carboxylic acids is 1. The average Bonchev–Trinajstić information content (AvgIpc) is 3.50. The molecule has 1 aromatic carbocycles. The van der Waals surface area contributed by atoms with Crippen molar-refractivity contribution < 1.29 is 4.79 Å². The fourth-order valence-corrected chi connectivity index (χ4v) is 3.24. The van der Waals surface area contributed by atoms with Crippen LogP contribution in [0.1, 0.15) is 40.7 Å². The molecule has 0 saturated carbocycles. The van der Waals surface area contributed by atoms with Crippen molar-refractivity contribution in [2.24, 2.45) is 0 Å². The minimum atomic E-state index is -0.103. The summed E-state index contributed by atoms with van der Waals surface area (Å²) in [5.74, 6) is 6.35. The molecule has 0 radical (unpaired) electrons. The summed E-state index contributed by atoms with van der Waals surface area (Å²) in [4.78, 5) is 12.6. The predicted octanol–water partition coefficient (Wildman–Crippen LogP) is 3.59. The molecule has 0 unspecified atom stereocenters. The molecular formula is C24H23N5O. The number of rotatable bonds is 6. The van der Waals surface area contributed by atoms with Crippen molar-refractivity contribution in [1.29, 1.82) is 0 Å². The lowest BCUT2D eigenvalue weighted by Crippen LogP contribution is -2.25. The summed E-state index contributed by atoms with van der Waals surface area (Å²) in [6.45, 7) is 0.601. The molecule has 2 heterocycles. The van der Waals surface area contributed by atoms with Gasteiger partial charge in [0.05, 0.1) is 17.4 Å². The Balaban J connectivity index is 1.49. The van der Waals surface area contributed by atoms with Crippen molar-refractivity contribution in [3.63, 3.8) is 0 Å². The number of aromatic nitrogens is 4. The highest BCUT2D eigenvalue weighted by atomic mass is 16.1. The molecule has 1 amide bonds. The van der Waals surface area contributed by atoms with Gasteiger partial charge in [0.15, 0.2) is 0 Å². The standard InChI is InChI=1S/C24H23N5O/c30-24(25-13-4-8-20-17-26-27-18-20)22-11-12-23(29-15-5-14-28-29)21(16-22)10-9-19-6-2-1-3-7-19/h2,5-7,11-12,14-18H,1,3-4,8,13H2,(H,25,30)(H,26,27). The maximum absolute atomic E-state index is 12.6. The van der Waals surface area contributed by atoms with E-state index in [1.54, 1.807) is 17.1 Å². The van der Waals surface area contributed by atoms with Gasteiger partial charge in [-0.05, 0) is 55.5 Å². The van der Waals surface area contributed by atoms with E-state index in [0.29, 0.717) is 12.1 Å². The number of amides is 1. The highest BCUT2D eigenvalue weighted by Crippen LogP contribution is 2.16. The number of allylic oxidation sites excluding steroid dienone is 4. The number of carbonyl (C=O) groups is 1. The van der Waals surface area contributed by atoms with Gasteiger partial charge in [0.2, 0.25) is 0 Å². The predicted molar refractivity (Wildman–Crippen MR) is 116 cm³/mol. The maximum atomic E-state index is 12.6. The van der Waals surface area contributed by atoms with Crippen LogP contribution in [-0.4, -0.2) is 32.4 Å². The fourth-order valence-electron chi connectivity index (χ4n) is 3.24. The Labute approximate surface area is 175 Å². The number of aryl methyl sites for hydroxylation is 1. The zero-order valence-corrected chi connectivity index (χ0v) is 16.6. The second-order valence-electron chi connectivity index (χ2n) is 7.04. The van der Waals surface area contributed by atoms with Gasteiger partial charge < -0.3 is 5.32 Å². The first-order chi connectivity index (χ1) is 14.8. The van der Waals surface area contributed by atoms with Crippen LogP contribution in [0, 0.1) is 11.8 Å². The molecule has 4 rings (SSSR count). The van der Waals surface area contributed by atoms with Crippen LogP contribution in [-0.2, 0) is 6.42 Å². The van der Waals surface area contributed by atoms with E-state index >= 15 is 0 Å². The zero-order chi connectivity index (χ0) is 20.6. The largest absolute Gasteiger partial charge is 0.352 e. The molecule has 0 saturated heterocycles. The van der Waals surface area contributed by atoms with Crippen LogP contribution in [0.15, 0.2) is 72.9 Å². The summed E-state index contributed by atoms with van der Waals surface area (Å²) in [7, 11) is 0. The smallest absolute Gasteiger partial charge is 0.251 e. The van der Waals surface area contributed by atoms with Gasteiger partial charge in [-0.1, -0.05) is 30.1 Å². The third-order valence-corrected chi connectivity index (χ3v) is 4.83. The van der Waals surface area contributed by atoms with Crippen molar-refractivity contribution >= 4 is 5.91 Å². The summed E-state index contributed by atoms with van der Waals surface area (Å²) in [6, 6.07) is 7.41. The highest BCUT2D eigenvalue weighted by molar-refractivity contribution is 5.95. The summed E-state index contributed by atoms with van der Waals surface area (Å²) < 4.78 is 1.77. The highest BCUT2D eigenvalue weighted by Gasteiger charge is 2.10. The average molecular weight is 397 g/mol. The van der Waals surface area contributed by atoms with E-state index in [0.717, 1.165) is 48.1 Å². The Kier molecular flexibility index (Phi) is 6.21. The second kappa shape index (κ2) is 9.57. The van der Waals surface area contributed by atoms with Crippen LogP contribution < -0.4 is 5.32 Å². The molecule has 2 N–H and O–H groups in total. The van der Waals surface area contributed by atoms with E-state index in [9.17, 15) is 4.79 Å². The van der Waals surface area contributed by atoms with Gasteiger partial charge in [-0.3, -0.25) is 9.89 Å². The molecule has 150 valence electrons. The van der Waals surface area contributed by atoms with E-state index in [-0.39, 0.29) is 5.91 Å². The third kappa shape index (κ3) is 4.95. The Bertz CT molecular complexity index is 1110. The summed E-state index contributed by atoms with van der Waals surface area (Å²) in [6.07, 6.45) is 17.4. The van der Waals surface area contributed by atoms with Gasteiger partial charge in [0.1, 0.15) is 0 Å². The number of nitrogens with zero attached hydrogens (tertiary/aromatic N) is 3. The molecule has 3 aromatic rings. The number of aromatic amines is 1. The van der Waals surface area contributed by atoms with Crippen LogP contribution in [0.25, 0.3) is 5.69 Å². The van der Waals surface area contributed by atoms with Crippen molar-refractivity contribution in [2.45, 2.75) is 25.7 Å². The SMILES string of the molecule is O=C(NCCCc1cn[nH]c1)c1ccc(-n2cccn2)c(C#CC2=CCCC=C2)c1. The maximum Gasteiger partial charge on any atom is 0.251 e. The minimum absolute atomic E-state index is 0.103. The number of hydrogen-bond donors (Lipinski definition) is 2. The molecule has 30 heavy (non-hydrogen) atoms. The summed E-state index contributed by atoms with van der Waals surface area (Å²) >= 11 is 0. The van der Waals surface area contributed by atoms with Crippen molar-refractivity contribution in [3.05, 3.63) is 89.5 Å². The molecule has 6 heteroatoms. The van der Waals surface area contributed by atoms with Crippen LogP contribution in [0.4, 0.5) is 0 Å². The lowest BCUT2D eigenvalue weighted by Gasteiger charge is -2.09. The molecule has 0 atom stereocenters. The Morgan fingerprint density at radius 2 is 2.23 bits per heavy atom. The zero-order valence-electron chi connectivity index (χ0n) is 16.6. The number of nitrogens with one attached hydrogen (secondary N) is 2. The van der Waals surface area contributed by atoms with E-state index in [1.165, 1.54) is 0 Å². The normalized spacial score (nSPS) is 12.7. The van der Waals surface area contributed by atoms with E-state index in [2.05, 4.69) is 44.6 Å².